The van der Waals surface area contributed by atoms with E-state index in [9.17, 15) is 4.79 Å². The maximum absolute atomic E-state index is 12.0. The average Bonchev–Trinajstić information content (AvgIpc) is 2.39. The molecule has 19 heavy (non-hydrogen) atoms. The third-order valence-corrected chi connectivity index (χ3v) is 3.43. The average molecular weight is 278 g/mol. The van der Waals surface area contributed by atoms with Crippen molar-refractivity contribution in [2.75, 3.05) is 12.9 Å². The van der Waals surface area contributed by atoms with Crippen molar-refractivity contribution in [1.29, 1.82) is 0 Å². The van der Waals surface area contributed by atoms with Crippen LogP contribution in [0, 0.1) is 5.92 Å². The lowest BCUT2D eigenvalue weighted by Gasteiger charge is -2.09. The summed E-state index contributed by atoms with van der Waals surface area (Å²) in [5.41, 5.74) is 1.60. The summed E-state index contributed by atoms with van der Waals surface area (Å²) in [5.74, 6) is 0.287. The molecule has 0 amide bonds. The largest absolute Gasteiger partial charge is 0.462 e. The number of ether oxygens (including phenoxy) is 1. The predicted octanol–water partition coefficient (Wildman–Crippen LogP) is 4.40. The maximum atomic E-state index is 12.0. The summed E-state index contributed by atoms with van der Waals surface area (Å²) in [6.07, 6.45) is 4.89. The summed E-state index contributed by atoms with van der Waals surface area (Å²) in [5, 5.41) is 0. The molecule has 0 unspecified atom stereocenters. The van der Waals surface area contributed by atoms with E-state index in [-0.39, 0.29) is 5.97 Å². The van der Waals surface area contributed by atoms with Crippen molar-refractivity contribution in [3.05, 3.63) is 35.9 Å². The van der Waals surface area contributed by atoms with Crippen molar-refractivity contribution in [2.45, 2.75) is 32.1 Å². The van der Waals surface area contributed by atoms with E-state index in [1.165, 1.54) is 4.90 Å². The number of hydrogen-bond acceptors (Lipinski definition) is 3. The van der Waals surface area contributed by atoms with E-state index in [2.05, 4.69) is 13.8 Å². The van der Waals surface area contributed by atoms with Gasteiger partial charge in [0.15, 0.2) is 0 Å². The zero-order valence-electron chi connectivity index (χ0n) is 12.1. The Morgan fingerprint density at radius 2 is 1.95 bits per heavy atom. The molecule has 104 valence electrons. The number of rotatable bonds is 6. The number of esters is 1. The van der Waals surface area contributed by atoms with Crippen LogP contribution in [0.5, 0.6) is 0 Å². The van der Waals surface area contributed by atoms with Gasteiger partial charge in [-0.15, -0.1) is 11.8 Å². The molecule has 1 rings (SSSR count). The SMILES string of the molecule is CCOC(=O)/C(=C/CC(C)C)c1ccc(SC)cc1. The van der Waals surface area contributed by atoms with Crippen LogP contribution in [-0.2, 0) is 9.53 Å². The van der Waals surface area contributed by atoms with Gasteiger partial charge < -0.3 is 4.74 Å². The van der Waals surface area contributed by atoms with Crippen LogP contribution in [0.25, 0.3) is 5.57 Å². The monoisotopic (exact) mass is 278 g/mol. The van der Waals surface area contributed by atoms with Crippen molar-refractivity contribution in [2.24, 2.45) is 5.92 Å². The quantitative estimate of drug-likeness (QED) is 0.438. The van der Waals surface area contributed by atoms with Crippen LogP contribution < -0.4 is 0 Å². The van der Waals surface area contributed by atoms with Crippen molar-refractivity contribution in [3.8, 4) is 0 Å². The molecule has 0 fully saturated rings. The van der Waals surface area contributed by atoms with Gasteiger partial charge in [0.05, 0.1) is 12.2 Å². The molecule has 0 aromatic heterocycles. The number of benzene rings is 1. The Bertz CT molecular complexity index is 433. The molecule has 0 spiro atoms. The van der Waals surface area contributed by atoms with Gasteiger partial charge in [-0.25, -0.2) is 4.79 Å². The number of thioether (sulfide) groups is 1. The number of carbonyl (C=O) groups excluding carboxylic acids is 1. The van der Waals surface area contributed by atoms with Crippen LogP contribution in [0.1, 0.15) is 32.8 Å². The second kappa shape index (κ2) is 8.05. The molecule has 0 N–H and O–H groups in total. The lowest BCUT2D eigenvalue weighted by atomic mass is 10.0. The molecule has 2 nitrogen and oxygen atoms in total. The Labute approximate surface area is 120 Å². The molecular weight excluding hydrogens is 256 g/mol. The molecule has 0 aliphatic heterocycles. The third kappa shape index (κ3) is 5.11. The molecule has 0 heterocycles. The van der Waals surface area contributed by atoms with Crippen LogP contribution in [0.15, 0.2) is 35.2 Å². The van der Waals surface area contributed by atoms with Crippen molar-refractivity contribution >= 4 is 23.3 Å². The van der Waals surface area contributed by atoms with E-state index in [4.69, 9.17) is 4.74 Å². The standard InChI is InChI=1S/C16H22O2S/c1-5-18-16(17)15(11-6-12(2)3)13-7-9-14(19-4)10-8-13/h7-12H,5-6H2,1-4H3/b15-11+. The molecule has 0 aliphatic rings. The summed E-state index contributed by atoms with van der Waals surface area (Å²) in [6.45, 7) is 6.50. The number of hydrogen-bond donors (Lipinski definition) is 0. The van der Waals surface area contributed by atoms with Crippen molar-refractivity contribution in [1.82, 2.24) is 0 Å². The third-order valence-electron chi connectivity index (χ3n) is 2.69. The molecule has 0 saturated carbocycles. The van der Waals surface area contributed by atoms with Crippen LogP contribution in [0.2, 0.25) is 0 Å². The van der Waals surface area contributed by atoms with Gasteiger partial charge in [-0.1, -0.05) is 32.1 Å². The highest BCUT2D eigenvalue weighted by Gasteiger charge is 2.13. The Hall–Kier alpha value is -1.22. The minimum atomic E-state index is -0.236. The van der Waals surface area contributed by atoms with Gasteiger partial charge in [-0.3, -0.25) is 0 Å². The smallest absolute Gasteiger partial charge is 0.338 e. The van der Waals surface area contributed by atoms with Gasteiger partial charge in [0.25, 0.3) is 0 Å². The minimum absolute atomic E-state index is 0.236. The summed E-state index contributed by atoms with van der Waals surface area (Å²) >= 11 is 1.69. The lowest BCUT2D eigenvalue weighted by molar-refractivity contribution is -0.136. The van der Waals surface area contributed by atoms with E-state index in [0.29, 0.717) is 18.1 Å². The molecule has 1 aromatic carbocycles. The van der Waals surface area contributed by atoms with Gasteiger partial charge in [0.2, 0.25) is 0 Å². The Balaban J connectivity index is 3.00. The highest BCUT2D eigenvalue weighted by Crippen LogP contribution is 2.22. The fraction of sp³-hybridized carbons (Fsp3) is 0.438. The maximum Gasteiger partial charge on any atom is 0.338 e. The van der Waals surface area contributed by atoms with E-state index < -0.39 is 0 Å². The molecule has 0 saturated heterocycles. The second-order valence-electron chi connectivity index (χ2n) is 4.70. The molecule has 3 heteroatoms. The predicted molar refractivity (Wildman–Crippen MR) is 82.3 cm³/mol. The Morgan fingerprint density at radius 3 is 2.42 bits per heavy atom. The van der Waals surface area contributed by atoms with E-state index in [1.807, 2.05) is 43.5 Å². The first-order valence-electron chi connectivity index (χ1n) is 6.60. The zero-order chi connectivity index (χ0) is 14.3. The number of allylic oxidation sites excluding steroid dienone is 1. The van der Waals surface area contributed by atoms with Crippen LogP contribution in [-0.4, -0.2) is 18.8 Å². The van der Waals surface area contributed by atoms with Gasteiger partial charge in [0, 0.05) is 4.90 Å². The first kappa shape index (κ1) is 15.8. The number of carbonyl (C=O) groups is 1. The van der Waals surface area contributed by atoms with E-state index in [1.54, 1.807) is 11.8 Å². The van der Waals surface area contributed by atoms with Crippen LogP contribution >= 0.6 is 11.8 Å². The molecule has 0 atom stereocenters. The van der Waals surface area contributed by atoms with Gasteiger partial charge in [0.1, 0.15) is 0 Å². The van der Waals surface area contributed by atoms with Crippen LogP contribution in [0.3, 0.4) is 0 Å². The summed E-state index contributed by atoms with van der Waals surface area (Å²) in [6, 6.07) is 8.02. The first-order chi connectivity index (χ1) is 9.08. The Morgan fingerprint density at radius 1 is 1.32 bits per heavy atom. The fourth-order valence-corrected chi connectivity index (χ4v) is 2.06. The highest BCUT2D eigenvalue weighted by atomic mass is 32.2. The molecule has 0 radical (unpaired) electrons. The molecule has 0 bridgehead atoms. The zero-order valence-corrected chi connectivity index (χ0v) is 12.9. The van der Waals surface area contributed by atoms with Crippen LogP contribution in [0.4, 0.5) is 0 Å². The van der Waals surface area contributed by atoms with Crippen molar-refractivity contribution < 1.29 is 9.53 Å². The van der Waals surface area contributed by atoms with Gasteiger partial charge in [-0.2, -0.15) is 0 Å². The summed E-state index contributed by atoms with van der Waals surface area (Å²) in [7, 11) is 0. The molecule has 0 aliphatic carbocycles. The normalized spacial score (nSPS) is 11.7. The molecule has 1 aromatic rings. The second-order valence-corrected chi connectivity index (χ2v) is 5.58. The van der Waals surface area contributed by atoms with E-state index in [0.717, 1.165) is 12.0 Å². The summed E-state index contributed by atoms with van der Waals surface area (Å²) < 4.78 is 5.13. The lowest BCUT2D eigenvalue weighted by Crippen LogP contribution is -2.07. The molecular formula is C16H22O2S. The minimum Gasteiger partial charge on any atom is -0.462 e. The van der Waals surface area contributed by atoms with Gasteiger partial charge in [-0.05, 0) is 43.2 Å². The Kier molecular flexibility index (Phi) is 6.71. The summed E-state index contributed by atoms with van der Waals surface area (Å²) in [4.78, 5) is 13.2. The van der Waals surface area contributed by atoms with E-state index >= 15 is 0 Å². The highest BCUT2D eigenvalue weighted by molar-refractivity contribution is 7.98. The van der Waals surface area contributed by atoms with Crippen molar-refractivity contribution in [3.63, 3.8) is 0 Å². The first-order valence-corrected chi connectivity index (χ1v) is 7.82. The van der Waals surface area contributed by atoms with Gasteiger partial charge >= 0.3 is 5.97 Å². The topological polar surface area (TPSA) is 26.3 Å². The fourth-order valence-electron chi connectivity index (χ4n) is 1.65.